The largest absolute Gasteiger partial charge is 0.457 e. The molecule has 0 fully saturated rings. The number of carbonyl (C=O) groups is 1. The lowest BCUT2D eigenvalue weighted by atomic mass is 10.0. The van der Waals surface area contributed by atoms with Crippen LogP contribution in [-0.4, -0.2) is 11.1 Å². The molecule has 2 aromatic carbocycles. The summed E-state index contributed by atoms with van der Waals surface area (Å²) in [6.07, 6.45) is 0.632. The number of aromatic nitrogens is 1. The molecule has 0 aliphatic heterocycles. The first kappa shape index (κ1) is 16.0. The van der Waals surface area contributed by atoms with Gasteiger partial charge in [-0.3, -0.25) is 0 Å². The molecule has 122 valence electrons. The van der Waals surface area contributed by atoms with Crippen molar-refractivity contribution in [2.45, 2.75) is 26.9 Å². The van der Waals surface area contributed by atoms with Gasteiger partial charge in [-0.1, -0.05) is 66.7 Å². The first-order valence-electron chi connectivity index (χ1n) is 7.95. The van der Waals surface area contributed by atoms with E-state index >= 15 is 0 Å². The molecule has 24 heavy (non-hydrogen) atoms. The molecular weight excluding hydrogens is 302 g/mol. The standard InChI is InChI=1S/C20H19NO3/c1-3-18-19(14(2)24-21-18)20(22)23-13-15-9-11-17(12-10-15)16-7-5-4-6-8-16/h4-12H,3,13H2,1-2H3. The fourth-order valence-electron chi connectivity index (χ4n) is 2.57. The molecule has 0 saturated carbocycles. The molecular formula is C20H19NO3. The van der Waals surface area contributed by atoms with Crippen LogP contribution in [0.5, 0.6) is 0 Å². The highest BCUT2D eigenvalue weighted by Crippen LogP contribution is 2.20. The van der Waals surface area contributed by atoms with Crippen molar-refractivity contribution in [2.24, 2.45) is 0 Å². The second-order valence-corrected chi connectivity index (χ2v) is 5.55. The molecule has 3 rings (SSSR count). The van der Waals surface area contributed by atoms with E-state index in [1.807, 2.05) is 49.4 Å². The van der Waals surface area contributed by atoms with Crippen LogP contribution < -0.4 is 0 Å². The Bertz CT molecular complexity index is 820. The molecule has 4 heteroatoms. The van der Waals surface area contributed by atoms with Crippen molar-refractivity contribution in [1.29, 1.82) is 0 Å². The fourth-order valence-corrected chi connectivity index (χ4v) is 2.57. The number of nitrogens with zero attached hydrogens (tertiary/aromatic N) is 1. The number of rotatable bonds is 5. The van der Waals surface area contributed by atoms with E-state index in [2.05, 4.69) is 17.3 Å². The van der Waals surface area contributed by atoms with Gasteiger partial charge in [0.15, 0.2) is 0 Å². The summed E-state index contributed by atoms with van der Waals surface area (Å²) in [5.41, 5.74) is 4.31. The summed E-state index contributed by atoms with van der Waals surface area (Å²) in [4.78, 5) is 12.2. The monoisotopic (exact) mass is 321 g/mol. The molecule has 0 spiro atoms. The molecule has 3 aromatic rings. The van der Waals surface area contributed by atoms with Gasteiger partial charge in [-0.25, -0.2) is 4.79 Å². The molecule has 0 bridgehead atoms. The van der Waals surface area contributed by atoms with Crippen LogP contribution in [0, 0.1) is 6.92 Å². The average Bonchev–Trinajstić information content (AvgIpc) is 3.01. The zero-order chi connectivity index (χ0) is 16.9. The van der Waals surface area contributed by atoms with Crippen molar-refractivity contribution in [1.82, 2.24) is 5.16 Å². The van der Waals surface area contributed by atoms with E-state index < -0.39 is 5.97 Å². The van der Waals surface area contributed by atoms with Gasteiger partial charge in [0.1, 0.15) is 17.9 Å². The van der Waals surface area contributed by atoms with Gasteiger partial charge in [0.05, 0.1) is 5.69 Å². The van der Waals surface area contributed by atoms with Crippen molar-refractivity contribution in [3.63, 3.8) is 0 Å². The van der Waals surface area contributed by atoms with E-state index in [0.717, 1.165) is 16.7 Å². The van der Waals surface area contributed by atoms with E-state index in [1.165, 1.54) is 0 Å². The topological polar surface area (TPSA) is 52.3 Å². The normalized spacial score (nSPS) is 10.6. The highest BCUT2D eigenvalue weighted by atomic mass is 16.5. The van der Waals surface area contributed by atoms with Gasteiger partial charge in [-0.05, 0) is 30.0 Å². The summed E-state index contributed by atoms with van der Waals surface area (Å²) in [6.45, 7) is 3.87. The summed E-state index contributed by atoms with van der Waals surface area (Å²) in [5.74, 6) is 0.106. The van der Waals surface area contributed by atoms with E-state index in [-0.39, 0.29) is 6.61 Å². The Morgan fingerprint density at radius 1 is 1.04 bits per heavy atom. The SMILES string of the molecule is CCc1noc(C)c1C(=O)OCc1ccc(-c2ccccc2)cc1. The van der Waals surface area contributed by atoms with Crippen LogP contribution in [-0.2, 0) is 17.8 Å². The van der Waals surface area contributed by atoms with E-state index in [4.69, 9.17) is 9.26 Å². The van der Waals surface area contributed by atoms with Gasteiger partial charge in [-0.15, -0.1) is 0 Å². The van der Waals surface area contributed by atoms with Crippen molar-refractivity contribution in [2.75, 3.05) is 0 Å². The quantitative estimate of drug-likeness (QED) is 0.646. The zero-order valence-corrected chi connectivity index (χ0v) is 13.8. The number of hydrogen-bond acceptors (Lipinski definition) is 4. The second kappa shape index (κ2) is 7.13. The predicted octanol–water partition coefficient (Wildman–Crippen LogP) is 4.57. The number of aryl methyl sites for hydroxylation is 2. The molecule has 0 atom stereocenters. The Morgan fingerprint density at radius 3 is 2.38 bits per heavy atom. The van der Waals surface area contributed by atoms with Gasteiger partial charge < -0.3 is 9.26 Å². The fraction of sp³-hybridized carbons (Fsp3) is 0.200. The predicted molar refractivity (Wildman–Crippen MR) is 91.6 cm³/mol. The maximum atomic E-state index is 12.2. The summed E-state index contributed by atoms with van der Waals surface area (Å²) in [6, 6.07) is 18.1. The molecule has 4 nitrogen and oxygen atoms in total. The lowest BCUT2D eigenvalue weighted by Crippen LogP contribution is -2.08. The molecule has 0 radical (unpaired) electrons. The number of benzene rings is 2. The minimum Gasteiger partial charge on any atom is -0.457 e. The number of carbonyl (C=O) groups excluding carboxylic acids is 1. The summed E-state index contributed by atoms with van der Waals surface area (Å²) < 4.78 is 10.5. The molecule has 0 saturated heterocycles. The first-order valence-corrected chi connectivity index (χ1v) is 7.95. The lowest BCUT2D eigenvalue weighted by molar-refractivity contribution is 0.0469. The van der Waals surface area contributed by atoms with Gasteiger partial charge in [0.2, 0.25) is 0 Å². The molecule has 1 aromatic heterocycles. The molecule has 0 unspecified atom stereocenters. The zero-order valence-electron chi connectivity index (χ0n) is 13.8. The highest BCUT2D eigenvalue weighted by Gasteiger charge is 2.20. The van der Waals surface area contributed by atoms with E-state index in [0.29, 0.717) is 23.4 Å². The summed E-state index contributed by atoms with van der Waals surface area (Å²) in [7, 11) is 0. The first-order chi connectivity index (χ1) is 11.7. The Balaban J connectivity index is 1.67. The van der Waals surface area contributed by atoms with Crippen molar-refractivity contribution in [3.05, 3.63) is 77.2 Å². The van der Waals surface area contributed by atoms with Crippen LogP contribution in [0.25, 0.3) is 11.1 Å². The Hall–Kier alpha value is -2.88. The van der Waals surface area contributed by atoms with Gasteiger partial charge in [0.25, 0.3) is 0 Å². The minimum atomic E-state index is -0.391. The Labute approximate surface area is 141 Å². The molecule has 0 amide bonds. The Morgan fingerprint density at radius 2 is 1.71 bits per heavy atom. The summed E-state index contributed by atoms with van der Waals surface area (Å²) in [5, 5.41) is 3.88. The number of hydrogen-bond donors (Lipinski definition) is 0. The third kappa shape index (κ3) is 3.38. The van der Waals surface area contributed by atoms with Crippen LogP contribution in [0.2, 0.25) is 0 Å². The van der Waals surface area contributed by atoms with E-state index in [1.54, 1.807) is 6.92 Å². The smallest absolute Gasteiger partial charge is 0.344 e. The van der Waals surface area contributed by atoms with Crippen LogP contribution in [0.3, 0.4) is 0 Å². The summed E-state index contributed by atoms with van der Waals surface area (Å²) >= 11 is 0. The molecule has 0 N–H and O–H groups in total. The Kier molecular flexibility index (Phi) is 4.75. The van der Waals surface area contributed by atoms with Crippen LogP contribution in [0.1, 0.15) is 34.3 Å². The van der Waals surface area contributed by atoms with Crippen molar-refractivity contribution < 1.29 is 14.1 Å². The van der Waals surface area contributed by atoms with Gasteiger partial charge in [0, 0.05) is 0 Å². The third-order valence-electron chi connectivity index (χ3n) is 3.90. The second-order valence-electron chi connectivity index (χ2n) is 5.55. The van der Waals surface area contributed by atoms with E-state index in [9.17, 15) is 4.79 Å². The average molecular weight is 321 g/mol. The van der Waals surface area contributed by atoms with Crippen LogP contribution >= 0.6 is 0 Å². The maximum absolute atomic E-state index is 12.2. The lowest BCUT2D eigenvalue weighted by Gasteiger charge is -2.06. The third-order valence-corrected chi connectivity index (χ3v) is 3.90. The molecule has 1 heterocycles. The van der Waals surface area contributed by atoms with Crippen molar-refractivity contribution >= 4 is 5.97 Å². The van der Waals surface area contributed by atoms with Gasteiger partial charge >= 0.3 is 5.97 Å². The van der Waals surface area contributed by atoms with Crippen LogP contribution in [0.15, 0.2) is 59.1 Å². The molecule has 0 aliphatic carbocycles. The number of ether oxygens (including phenoxy) is 1. The van der Waals surface area contributed by atoms with Crippen LogP contribution in [0.4, 0.5) is 0 Å². The maximum Gasteiger partial charge on any atom is 0.344 e. The molecule has 0 aliphatic rings. The van der Waals surface area contributed by atoms with Crippen molar-refractivity contribution in [3.8, 4) is 11.1 Å². The minimum absolute atomic E-state index is 0.224. The number of esters is 1. The highest BCUT2D eigenvalue weighted by molar-refractivity contribution is 5.91. The van der Waals surface area contributed by atoms with Gasteiger partial charge in [-0.2, -0.15) is 0 Å².